The first-order valence-electron chi connectivity index (χ1n) is 11.5. The van der Waals surface area contributed by atoms with Crippen molar-refractivity contribution in [2.45, 2.75) is 26.5 Å². The highest BCUT2D eigenvalue weighted by atomic mass is 16.5. The van der Waals surface area contributed by atoms with Crippen LogP contribution in [-0.2, 0) is 13.2 Å². The van der Waals surface area contributed by atoms with Crippen molar-refractivity contribution in [1.82, 2.24) is 9.55 Å². The highest BCUT2D eigenvalue weighted by Gasteiger charge is 2.21. The lowest BCUT2D eigenvalue weighted by Crippen LogP contribution is -2.21. The Balaban J connectivity index is 1.48. The molecular formula is C28H24N2O5. The van der Waals surface area contributed by atoms with Gasteiger partial charge in [0.05, 0.1) is 23.1 Å². The third-order valence-corrected chi connectivity index (χ3v) is 5.94. The molecule has 0 saturated carbocycles. The summed E-state index contributed by atoms with van der Waals surface area (Å²) < 4.78 is 13.5. The molecule has 4 aromatic rings. The summed E-state index contributed by atoms with van der Waals surface area (Å²) in [5, 5.41) is 9.72. The van der Waals surface area contributed by atoms with Crippen LogP contribution in [0.1, 0.15) is 40.7 Å². The summed E-state index contributed by atoms with van der Waals surface area (Å²) in [7, 11) is 0. The average Bonchev–Trinajstić information content (AvgIpc) is 3.26. The lowest BCUT2D eigenvalue weighted by atomic mass is 10.1. The molecule has 0 atom stereocenters. The van der Waals surface area contributed by atoms with E-state index in [1.54, 1.807) is 4.57 Å². The van der Waals surface area contributed by atoms with Gasteiger partial charge in [-0.15, -0.1) is 0 Å². The Morgan fingerprint density at radius 1 is 1.06 bits per heavy atom. The van der Waals surface area contributed by atoms with Crippen molar-refractivity contribution in [1.29, 1.82) is 0 Å². The molecule has 7 heteroatoms. The fourth-order valence-corrected chi connectivity index (χ4v) is 4.23. The van der Waals surface area contributed by atoms with Gasteiger partial charge in [-0.3, -0.25) is 9.36 Å². The standard InChI is InChI=1S/C28H24N2O5/c1-2-34-25-15-19(8-11-24(25)35-17-18-6-4-3-5-7-18)14-20-12-13-30-26(20)29-23-16-21(28(32)33)9-10-22(23)27(30)31/h3-11,14-16H,2,12-13,17H2,1H3,(H,32,33)/b20-14+. The van der Waals surface area contributed by atoms with E-state index in [-0.39, 0.29) is 11.1 Å². The van der Waals surface area contributed by atoms with E-state index in [1.165, 1.54) is 18.2 Å². The number of benzene rings is 3. The summed E-state index contributed by atoms with van der Waals surface area (Å²) in [6.45, 7) is 3.39. The number of hydrogen-bond donors (Lipinski definition) is 1. The molecule has 3 aromatic carbocycles. The molecule has 1 aliphatic rings. The van der Waals surface area contributed by atoms with E-state index in [0.717, 1.165) is 16.7 Å². The molecule has 1 N–H and O–H groups in total. The van der Waals surface area contributed by atoms with Crippen molar-refractivity contribution < 1.29 is 19.4 Å². The van der Waals surface area contributed by atoms with Gasteiger partial charge in [0, 0.05) is 6.54 Å². The Labute approximate surface area is 201 Å². The first-order chi connectivity index (χ1) is 17.0. The zero-order valence-electron chi connectivity index (χ0n) is 19.2. The number of carbonyl (C=O) groups is 1. The molecule has 7 nitrogen and oxygen atoms in total. The minimum atomic E-state index is -1.05. The Kier molecular flexibility index (Phi) is 6.06. The number of fused-ring (bicyclic) bond motifs is 2. The van der Waals surface area contributed by atoms with E-state index in [1.807, 2.05) is 61.5 Å². The minimum absolute atomic E-state index is 0.102. The van der Waals surface area contributed by atoms with Gasteiger partial charge in [-0.25, -0.2) is 9.78 Å². The van der Waals surface area contributed by atoms with Gasteiger partial charge < -0.3 is 14.6 Å². The van der Waals surface area contributed by atoms with Crippen molar-refractivity contribution in [3.8, 4) is 11.5 Å². The zero-order chi connectivity index (χ0) is 24.4. The maximum Gasteiger partial charge on any atom is 0.335 e. The normalized spacial score (nSPS) is 13.7. The molecule has 0 amide bonds. The molecule has 5 rings (SSSR count). The summed E-state index contributed by atoms with van der Waals surface area (Å²) in [4.78, 5) is 29.0. The van der Waals surface area contributed by atoms with Crippen LogP contribution in [0.5, 0.6) is 11.5 Å². The first-order valence-corrected chi connectivity index (χ1v) is 11.5. The molecule has 176 valence electrons. The van der Waals surface area contributed by atoms with E-state index >= 15 is 0 Å². The quantitative estimate of drug-likeness (QED) is 0.410. The molecule has 0 radical (unpaired) electrons. The summed E-state index contributed by atoms with van der Waals surface area (Å²) >= 11 is 0. The molecular weight excluding hydrogens is 444 g/mol. The Morgan fingerprint density at radius 3 is 2.66 bits per heavy atom. The molecule has 0 bridgehead atoms. The van der Waals surface area contributed by atoms with Crippen molar-refractivity contribution in [3.63, 3.8) is 0 Å². The van der Waals surface area contributed by atoms with Crippen molar-refractivity contribution in [2.75, 3.05) is 6.61 Å². The van der Waals surface area contributed by atoms with Crippen LogP contribution in [0.25, 0.3) is 22.6 Å². The lowest BCUT2D eigenvalue weighted by molar-refractivity contribution is 0.0697. The Hall–Kier alpha value is -4.39. The zero-order valence-corrected chi connectivity index (χ0v) is 19.2. The second kappa shape index (κ2) is 9.46. The Morgan fingerprint density at radius 2 is 1.89 bits per heavy atom. The van der Waals surface area contributed by atoms with Crippen LogP contribution in [0, 0.1) is 0 Å². The number of hydrogen-bond acceptors (Lipinski definition) is 5. The number of rotatable bonds is 7. The molecule has 0 spiro atoms. The number of nitrogens with zero attached hydrogens (tertiary/aromatic N) is 2. The van der Waals surface area contributed by atoms with Crippen LogP contribution >= 0.6 is 0 Å². The summed E-state index contributed by atoms with van der Waals surface area (Å²) in [6, 6.07) is 20.1. The maximum absolute atomic E-state index is 13.0. The number of aromatic nitrogens is 2. The lowest BCUT2D eigenvalue weighted by Gasteiger charge is -2.13. The molecule has 35 heavy (non-hydrogen) atoms. The van der Waals surface area contributed by atoms with Crippen molar-refractivity contribution in [2.24, 2.45) is 0 Å². The van der Waals surface area contributed by atoms with Crippen LogP contribution in [0.3, 0.4) is 0 Å². The van der Waals surface area contributed by atoms with Gasteiger partial charge in [0.1, 0.15) is 12.4 Å². The average molecular weight is 469 g/mol. The van der Waals surface area contributed by atoms with Crippen LogP contribution in [0.2, 0.25) is 0 Å². The second-order valence-corrected chi connectivity index (χ2v) is 8.26. The van der Waals surface area contributed by atoms with E-state index < -0.39 is 5.97 Å². The summed E-state index contributed by atoms with van der Waals surface area (Å²) in [6.07, 6.45) is 2.64. The predicted molar refractivity (Wildman–Crippen MR) is 134 cm³/mol. The maximum atomic E-state index is 13.0. The second-order valence-electron chi connectivity index (χ2n) is 8.26. The minimum Gasteiger partial charge on any atom is -0.490 e. The van der Waals surface area contributed by atoms with Gasteiger partial charge in [0.15, 0.2) is 11.5 Å². The number of carboxylic acid groups (broad SMARTS) is 1. The smallest absolute Gasteiger partial charge is 0.335 e. The summed E-state index contributed by atoms with van der Waals surface area (Å²) in [5.74, 6) is 0.812. The largest absolute Gasteiger partial charge is 0.490 e. The molecule has 2 heterocycles. The van der Waals surface area contributed by atoms with Crippen molar-refractivity contribution in [3.05, 3.63) is 99.6 Å². The van der Waals surface area contributed by atoms with Gasteiger partial charge in [0.2, 0.25) is 0 Å². The van der Waals surface area contributed by atoms with Crippen LogP contribution in [0.4, 0.5) is 0 Å². The van der Waals surface area contributed by atoms with E-state index in [9.17, 15) is 14.7 Å². The fourth-order valence-electron chi connectivity index (χ4n) is 4.23. The molecule has 0 saturated heterocycles. The van der Waals surface area contributed by atoms with E-state index in [4.69, 9.17) is 9.47 Å². The van der Waals surface area contributed by atoms with E-state index in [2.05, 4.69) is 4.98 Å². The molecule has 0 fully saturated rings. The molecule has 1 aliphatic heterocycles. The number of ether oxygens (including phenoxy) is 2. The number of carboxylic acids is 1. The van der Waals surface area contributed by atoms with E-state index in [0.29, 0.717) is 54.4 Å². The van der Waals surface area contributed by atoms with Gasteiger partial charge in [-0.1, -0.05) is 36.4 Å². The number of allylic oxidation sites excluding steroid dienone is 1. The molecule has 0 aliphatic carbocycles. The topological polar surface area (TPSA) is 90.7 Å². The van der Waals surface area contributed by atoms with Crippen LogP contribution in [-0.4, -0.2) is 27.2 Å². The SMILES string of the molecule is CCOc1cc(/C=C2\CCn3c2nc2cc(C(=O)O)ccc2c3=O)ccc1OCc1ccccc1. The fraction of sp³-hybridized carbons (Fsp3) is 0.179. The predicted octanol–water partition coefficient (Wildman–Crippen LogP) is 5.02. The summed E-state index contributed by atoms with van der Waals surface area (Å²) in [5.41, 5.74) is 3.20. The van der Waals surface area contributed by atoms with Gasteiger partial charge in [-0.05, 0) is 66.5 Å². The van der Waals surface area contributed by atoms with Crippen molar-refractivity contribution >= 4 is 28.5 Å². The van der Waals surface area contributed by atoms with Gasteiger partial charge in [-0.2, -0.15) is 0 Å². The first kappa shape index (κ1) is 22.4. The third-order valence-electron chi connectivity index (χ3n) is 5.94. The third kappa shape index (κ3) is 4.53. The highest BCUT2D eigenvalue weighted by molar-refractivity contribution is 5.93. The molecule has 0 unspecified atom stereocenters. The monoisotopic (exact) mass is 468 g/mol. The number of aromatic carboxylic acids is 1. The molecule has 1 aromatic heterocycles. The Bertz CT molecular complexity index is 1510. The van der Waals surface area contributed by atoms with Gasteiger partial charge >= 0.3 is 5.97 Å². The van der Waals surface area contributed by atoms with Crippen LogP contribution in [0.15, 0.2) is 71.5 Å². The van der Waals surface area contributed by atoms with Gasteiger partial charge in [0.25, 0.3) is 5.56 Å². The van der Waals surface area contributed by atoms with Crippen LogP contribution < -0.4 is 15.0 Å². The highest BCUT2D eigenvalue weighted by Crippen LogP contribution is 2.33.